The summed E-state index contributed by atoms with van der Waals surface area (Å²) in [5, 5.41) is 18.7. The lowest BCUT2D eigenvalue weighted by molar-refractivity contribution is -0.125. The Balaban J connectivity index is 2.26. The molecule has 66 valence electrons. The summed E-state index contributed by atoms with van der Waals surface area (Å²) in [6.07, 6.45) is -0.803. The molecule has 12 heavy (non-hydrogen) atoms. The van der Waals surface area contributed by atoms with Crippen LogP contribution >= 0.6 is 0 Å². The molecule has 1 amide bonds. The Morgan fingerprint density at radius 1 is 1.50 bits per heavy atom. The molecule has 4 nitrogen and oxygen atoms in total. The monoisotopic (exact) mass is 169 g/mol. The van der Waals surface area contributed by atoms with E-state index in [2.05, 4.69) is 6.58 Å². The van der Waals surface area contributed by atoms with Crippen molar-refractivity contribution in [3.8, 4) is 0 Å². The second-order valence-corrected chi connectivity index (χ2v) is 3.38. The highest BCUT2D eigenvalue weighted by Crippen LogP contribution is 2.31. The maximum atomic E-state index is 11.3. The molecule has 0 aromatic carbocycles. The molecular weight excluding hydrogens is 158 g/mol. The molecular formula is C8H11NO3. The highest BCUT2D eigenvalue weighted by molar-refractivity contribution is 5.97. The first kappa shape index (κ1) is 7.76. The molecule has 0 spiro atoms. The maximum Gasteiger partial charge on any atom is 0.252 e. The van der Waals surface area contributed by atoms with Gasteiger partial charge in [0.1, 0.15) is 6.10 Å². The van der Waals surface area contributed by atoms with Crippen LogP contribution in [-0.4, -0.2) is 45.8 Å². The molecule has 3 atom stereocenters. The molecule has 0 bridgehead atoms. The number of rotatable bonds is 0. The molecule has 2 fully saturated rings. The smallest absolute Gasteiger partial charge is 0.252 e. The summed E-state index contributed by atoms with van der Waals surface area (Å²) in [5.74, 6) is -0.218. The van der Waals surface area contributed by atoms with E-state index in [9.17, 15) is 15.0 Å². The Labute approximate surface area is 70.1 Å². The predicted octanol–water partition coefficient (Wildman–Crippen LogP) is -1.12. The molecule has 0 radical (unpaired) electrons. The normalized spacial score (nSPS) is 40.8. The van der Waals surface area contributed by atoms with Gasteiger partial charge >= 0.3 is 0 Å². The zero-order valence-corrected chi connectivity index (χ0v) is 6.60. The van der Waals surface area contributed by atoms with Gasteiger partial charge in [-0.2, -0.15) is 0 Å². The molecule has 0 aromatic rings. The number of fused-ring (bicyclic) bond motifs is 1. The SMILES string of the molecule is C=C1C(=O)N2C[C@H](O)C[C@H]2[C@@H]1O. The lowest BCUT2D eigenvalue weighted by Gasteiger charge is -2.14. The number of carbonyl (C=O) groups is 1. The summed E-state index contributed by atoms with van der Waals surface area (Å²) >= 11 is 0. The zero-order valence-electron chi connectivity index (χ0n) is 6.60. The lowest BCUT2D eigenvalue weighted by Crippen LogP contribution is -2.30. The fourth-order valence-corrected chi connectivity index (χ4v) is 1.92. The van der Waals surface area contributed by atoms with E-state index in [0.717, 1.165) is 0 Å². The van der Waals surface area contributed by atoms with Gasteiger partial charge in [-0.25, -0.2) is 0 Å². The van der Waals surface area contributed by atoms with Crippen molar-refractivity contribution >= 4 is 5.91 Å². The number of hydrogen-bond acceptors (Lipinski definition) is 3. The number of aliphatic hydroxyl groups excluding tert-OH is 2. The van der Waals surface area contributed by atoms with Crippen LogP contribution in [0.5, 0.6) is 0 Å². The van der Waals surface area contributed by atoms with Gasteiger partial charge in [0.05, 0.1) is 12.1 Å². The number of nitrogens with zero attached hydrogens (tertiary/aromatic N) is 1. The molecule has 2 aliphatic heterocycles. The van der Waals surface area contributed by atoms with Crippen LogP contribution < -0.4 is 0 Å². The van der Waals surface area contributed by atoms with Crippen LogP contribution in [0.15, 0.2) is 12.2 Å². The van der Waals surface area contributed by atoms with E-state index in [4.69, 9.17) is 0 Å². The van der Waals surface area contributed by atoms with Gasteiger partial charge in [-0.15, -0.1) is 0 Å². The fraction of sp³-hybridized carbons (Fsp3) is 0.625. The summed E-state index contributed by atoms with van der Waals surface area (Å²) in [7, 11) is 0. The summed E-state index contributed by atoms with van der Waals surface area (Å²) in [6, 6.07) is -0.236. The Bertz CT molecular complexity index is 251. The van der Waals surface area contributed by atoms with Crippen molar-refractivity contribution in [2.24, 2.45) is 0 Å². The molecule has 0 unspecified atom stereocenters. The minimum atomic E-state index is -0.783. The third-order valence-electron chi connectivity index (χ3n) is 2.58. The molecule has 2 heterocycles. The molecule has 4 heteroatoms. The first-order chi connectivity index (χ1) is 5.61. The largest absolute Gasteiger partial charge is 0.391 e. The minimum Gasteiger partial charge on any atom is -0.391 e. The summed E-state index contributed by atoms with van der Waals surface area (Å²) in [4.78, 5) is 12.8. The first-order valence-electron chi connectivity index (χ1n) is 3.97. The van der Waals surface area contributed by atoms with Crippen molar-refractivity contribution in [2.45, 2.75) is 24.7 Å². The van der Waals surface area contributed by atoms with Crippen molar-refractivity contribution < 1.29 is 15.0 Å². The van der Waals surface area contributed by atoms with Crippen LogP contribution in [0.4, 0.5) is 0 Å². The fourth-order valence-electron chi connectivity index (χ4n) is 1.92. The number of aliphatic hydroxyl groups is 2. The van der Waals surface area contributed by atoms with Crippen molar-refractivity contribution in [1.82, 2.24) is 4.90 Å². The van der Waals surface area contributed by atoms with Crippen LogP contribution in [0.1, 0.15) is 6.42 Å². The Morgan fingerprint density at radius 3 is 2.75 bits per heavy atom. The molecule has 0 aromatic heterocycles. The third-order valence-corrected chi connectivity index (χ3v) is 2.58. The van der Waals surface area contributed by atoms with E-state index in [0.29, 0.717) is 13.0 Å². The molecule has 0 aliphatic carbocycles. The highest BCUT2D eigenvalue weighted by atomic mass is 16.3. The lowest BCUT2D eigenvalue weighted by atomic mass is 10.1. The third kappa shape index (κ3) is 0.820. The number of amides is 1. The Hall–Kier alpha value is -0.870. The van der Waals surface area contributed by atoms with Crippen LogP contribution in [0.3, 0.4) is 0 Å². The van der Waals surface area contributed by atoms with Gasteiger partial charge in [-0.1, -0.05) is 6.58 Å². The maximum absolute atomic E-state index is 11.3. The summed E-state index contributed by atoms with van der Waals surface area (Å²) < 4.78 is 0. The van der Waals surface area contributed by atoms with E-state index in [1.165, 1.54) is 4.90 Å². The molecule has 2 aliphatic rings. The van der Waals surface area contributed by atoms with E-state index < -0.39 is 12.2 Å². The van der Waals surface area contributed by atoms with Crippen LogP contribution in [0.2, 0.25) is 0 Å². The van der Waals surface area contributed by atoms with Crippen molar-refractivity contribution in [3.63, 3.8) is 0 Å². The highest BCUT2D eigenvalue weighted by Gasteiger charge is 2.47. The quantitative estimate of drug-likeness (QED) is 0.451. The topological polar surface area (TPSA) is 60.8 Å². The number of hydrogen-bond donors (Lipinski definition) is 2. The number of carbonyl (C=O) groups excluding carboxylic acids is 1. The second-order valence-electron chi connectivity index (χ2n) is 3.38. The Morgan fingerprint density at radius 2 is 2.17 bits per heavy atom. The van der Waals surface area contributed by atoms with Gasteiger partial charge in [0.2, 0.25) is 0 Å². The summed E-state index contributed by atoms with van der Waals surface area (Å²) in [5.41, 5.74) is 0.256. The first-order valence-corrected chi connectivity index (χ1v) is 3.97. The van der Waals surface area contributed by atoms with E-state index >= 15 is 0 Å². The van der Waals surface area contributed by atoms with Gasteiger partial charge in [0, 0.05) is 12.1 Å². The second kappa shape index (κ2) is 2.31. The predicted molar refractivity (Wildman–Crippen MR) is 41.3 cm³/mol. The standard InChI is InChI=1S/C8H11NO3/c1-4-7(11)6-2-5(10)3-9(6)8(4)12/h5-7,10-11H,1-3H2/t5-,6+,7-/m1/s1. The average molecular weight is 169 g/mol. The van der Waals surface area contributed by atoms with Gasteiger partial charge in [0.25, 0.3) is 5.91 Å². The van der Waals surface area contributed by atoms with Crippen LogP contribution in [0, 0.1) is 0 Å². The Kier molecular flexibility index (Phi) is 1.49. The van der Waals surface area contributed by atoms with Crippen molar-refractivity contribution in [1.29, 1.82) is 0 Å². The van der Waals surface area contributed by atoms with E-state index in [1.807, 2.05) is 0 Å². The van der Waals surface area contributed by atoms with Crippen molar-refractivity contribution in [3.05, 3.63) is 12.2 Å². The zero-order chi connectivity index (χ0) is 8.88. The van der Waals surface area contributed by atoms with Gasteiger partial charge in [-0.3, -0.25) is 4.79 Å². The van der Waals surface area contributed by atoms with Gasteiger partial charge in [0.15, 0.2) is 0 Å². The summed E-state index contributed by atoms with van der Waals surface area (Å²) in [6.45, 7) is 3.83. The van der Waals surface area contributed by atoms with Gasteiger partial charge in [-0.05, 0) is 6.42 Å². The average Bonchev–Trinajstić information content (AvgIpc) is 2.49. The van der Waals surface area contributed by atoms with E-state index in [-0.39, 0.29) is 17.5 Å². The molecule has 2 saturated heterocycles. The molecule has 0 saturated carbocycles. The van der Waals surface area contributed by atoms with Crippen LogP contribution in [-0.2, 0) is 4.79 Å². The van der Waals surface area contributed by atoms with E-state index in [1.54, 1.807) is 0 Å². The molecule has 2 rings (SSSR count). The van der Waals surface area contributed by atoms with Gasteiger partial charge < -0.3 is 15.1 Å². The van der Waals surface area contributed by atoms with Crippen molar-refractivity contribution in [2.75, 3.05) is 6.54 Å². The minimum absolute atomic E-state index is 0.218. The van der Waals surface area contributed by atoms with Crippen LogP contribution in [0.25, 0.3) is 0 Å². The molecule has 2 N–H and O–H groups in total.